The van der Waals surface area contributed by atoms with Crippen LogP contribution < -0.4 is 4.74 Å². The normalized spacial score (nSPS) is 10.5. The van der Waals surface area contributed by atoms with Crippen molar-refractivity contribution in [3.63, 3.8) is 0 Å². The third-order valence-corrected chi connectivity index (χ3v) is 4.00. The highest BCUT2D eigenvalue weighted by molar-refractivity contribution is 6.30. The van der Waals surface area contributed by atoms with E-state index in [0.29, 0.717) is 21.9 Å². The Kier molecular flexibility index (Phi) is 4.95. The first-order valence-electron chi connectivity index (χ1n) is 7.57. The van der Waals surface area contributed by atoms with Gasteiger partial charge in [0, 0.05) is 28.5 Å². The molecule has 25 heavy (non-hydrogen) atoms. The van der Waals surface area contributed by atoms with Crippen LogP contribution in [-0.4, -0.2) is 28.2 Å². The lowest BCUT2D eigenvalue weighted by Crippen LogP contribution is -2.16. The van der Waals surface area contributed by atoms with Crippen LogP contribution in [0.15, 0.2) is 60.9 Å². The second kappa shape index (κ2) is 7.32. The van der Waals surface area contributed by atoms with E-state index in [4.69, 9.17) is 16.3 Å². The summed E-state index contributed by atoms with van der Waals surface area (Å²) in [5, 5.41) is 0.564. The molecule has 6 heteroatoms. The molecule has 0 atom stereocenters. The van der Waals surface area contributed by atoms with Crippen LogP contribution in [0.25, 0.3) is 0 Å². The molecule has 2 aromatic carbocycles. The predicted molar refractivity (Wildman–Crippen MR) is 94.4 cm³/mol. The van der Waals surface area contributed by atoms with Gasteiger partial charge in [0.15, 0.2) is 11.6 Å². The van der Waals surface area contributed by atoms with Gasteiger partial charge in [-0.05, 0) is 48.5 Å². The molecule has 0 aliphatic rings. The van der Waals surface area contributed by atoms with Crippen molar-refractivity contribution in [2.75, 3.05) is 7.11 Å². The van der Waals surface area contributed by atoms with E-state index >= 15 is 0 Å². The summed E-state index contributed by atoms with van der Waals surface area (Å²) in [5.74, 6) is 0.500. The van der Waals surface area contributed by atoms with Crippen LogP contribution in [0.3, 0.4) is 0 Å². The standard InChI is InChI=1S/C19H15ClN2O3/c1-25-16-8-4-14(5-9-16)18(24)19-21-10-11-22(19)12-17(23)13-2-6-15(20)7-3-13/h2-11H,12H2,1H3. The van der Waals surface area contributed by atoms with E-state index in [0.717, 1.165) is 0 Å². The fourth-order valence-corrected chi connectivity index (χ4v) is 2.53. The summed E-state index contributed by atoms with van der Waals surface area (Å²) in [4.78, 5) is 29.1. The van der Waals surface area contributed by atoms with Gasteiger partial charge in [0.05, 0.1) is 13.7 Å². The van der Waals surface area contributed by atoms with Crippen molar-refractivity contribution >= 4 is 23.2 Å². The summed E-state index contributed by atoms with van der Waals surface area (Å²) in [6.45, 7) is 0.0266. The largest absolute Gasteiger partial charge is 0.497 e. The highest BCUT2D eigenvalue weighted by Gasteiger charge is 2.17. The van der Waals surface area contributed by atoms with Crippen LogP contribution in [0, 0.1) is 0 Å². The topological polar surface area (TPSA) is 61.2 Å². The minimum atomic E-state index is -0.253. The van der Waals surface area contributed by atoms with Gasteiger partial charge < -0.3 is 9.30 Å². The molecule has 3 rings (SSSR count). The van der Waals surface area contributed by atoms with Gasteiger partial charge in [-0.15, -0.1) is 0 Å². The zero-order valence-corrected chi connectivity index (χ0v) is 14.2. The van der Waals surface area contributed by atoms with Crippen LogP contribution in [0.2, 0.25) is 5.02 Å². The molecule has 1 aromatic heterocycles. The van der Waals surface area contributed by atoms with Crippen molar-refractivity contribution in [2.45, 2.75) is 6.54 Å². The first-order valence-corrected chi connectivity index (χ1v) is 7.95. The lowest BCUT2D eigenvalue weighted by molar-refractivity contribution is 0.0967. The SMILES string of the molecule is COc1ccc(C(=O)c2nccn2CC(=O)c2ccc(Cl)cc2)cc1. The Hall–Kier alpha value is -2.92. The zero-order chi connectivity index (χ0) is 17.8. The molecule has 0 aliphatic carbocycles. The molecule has 1 heterocycles. The summed E-state index contributed by atoms with van der Waals surface area (Å²) in [7, 11) is 1.56. The maximum Gasteiger partial charge on any atom is 0.228 e. The fraction of sp³-hybridized carbons (Fsp3) is 0.105. The van der Waals surface area contributed by atoms with E-state index in [1.54, 1.807) is 66.4 Å². The Labute approximate surface area is 149 Å². The van der Waals surface area contributed by atoms with Crippen molar-refractivity contribution in [3.8, 4) is 5.75 Å². The Balaban J connectivity index is 1.80. The van der Waals surface area contributed by atoms with Crippen LogP contribution >= 0.6 is 11.6 Å². The minimum absolute atomic E-state index is 0.0266. The lowest BCUT2D eigenvalue weighted by atomic mass is 10.1. The Morgan fingerprint density at radius 1 is 1.04 bits per heavy atom. The Morgan fingerprint density at radius 2 is 1.68 bits per heavy atom. The van der Waals surface area contributed by atoms with E-state index in [2.05, 4.69) is 4.98 Å². The molecular formula is C19H15ClN2O3. The first kappa shape index (κ1) is 16.9. The number of methoxy groups -OCH3 is 1. The van der Waals surface area contributed by atoms with Gasteiger partial charge in [-0.2, -0.15) is 0 Å². The number of ketones is 2. The molecule has 5 nitrogen and oxygen atoms in total. The predicted octanol–water partition coefficient (Wildman–Crippen LogP) is 3.66. The van der Waals surface area contributed by atoms with Gasteiger partial charge in [-0.3, -0.25) is 9.59 Å². The van der Waals surface area contributed by atoms with Crippen LogP contribution in [0.1, 0.15) is 26.5 Å². The second-order valence-electron chi connectivity index (χ2n) is 5.37. The number of aromatic nitrogens is 2. The molecule has 0 spiro atoms. The van der Waals surface area contributed by atoms with E-state index in [9.17, 15) is 9.59 Å². The Morgan fingerprint density at radius 3 is 2.32 bits per heavy atom. The van der Waals surface area contributed by atoms with Gasteiger partial charge in [-0.1, -0.05) is 11.6 Å². The van der Waals surface area contributed by atoms with E-state index in [-0.39, 0.29) is 23.9 Å². The van der Waals surface area contributed by atoms with Crippen molar-refractivity contribution < 1.29 is 14.3 Å². The molecule has 0 N–H and O–H groups in total. The average Bonchev–Trinajstić information content (AvgIpc) is 3.09. The first-order chi connectivity index (χ1) is 12.1. The van der Waals surface area contributed by atoms with Gasteiger partial charge in [0.25, 0.3) is 0 Å². The van der Waals surface area contributed by atoms with Crippen LogP contribution in [0.5, 0.6) is 5.75 Å². The number of hydrogen-bond donors (Lipinski definition) is 0. The highest BCUT2D eigenvalue weighted by Crippen LogP contribution is 2.15. The number of ether oxygens (including phenoxy) is 1. The molecule has 0 unspecified atom stereocenters. The van der Waals surface area contributed by atoms with Crippen LogP contribution in [0.4, 0.5) is 0 Å². The maximum absolute atomic E-state index is 12.6. The summed E-state index contributed by atoms with van der Waals surface area (Å²) in [5.41, 5.74) is 1.01. The van der Waals surface area contributed by atoms with E-state index < -0.39 is 0 Å². The monoisotopic (exact) mass is 354 g/mol. The summed E-state index contributed by atoms with van der Waals surface area (Å²) in [6.07, 6.45) is 3.12. The summed E-state index contributed by atoms with van der Waals surface area (Å²) in [6, 6.07) is 13.4. The number of rotatable bonds is 6. The lowest BCUT2D eigenvalue weighted by Gasteiger charge is -2.07. The van der Waals surface area contributed by atoms with Gasteiger partial charge in [0.2, 0.25) is 5.78 Å². The number of carbonyl (C=O) groups excluding carboxylic acids is 2. The maximum atomic E-state index is 12.6. The molecule has 0 aliphatic heterocycles. The third kappa shape index (κ3) is 3.78. The number of nitrogens with zero attached hydrogens (tertiary/aromatic N) is 2. The molecular weight excluding hydrogens is 340 g/mol. The number of hydrogen-bond acceptors (Lipinski definition) is 4. The highest BCUT2D eigenvalue weighted by atomic mass is 35.5. The van der Waals surface area contributed by atoms with Crippen molar-refractivity contribution in [3.05, 3.63) is 82.9 Å². The molecule has 0 radical (unpaired) electrons. The van der Waals surface area contributed by atoms with Crippen molar-refractivity contribution in [1.29, 1.82) is 0 Å². The van der Waals surface area contributed by atoms with Crippen molar-refractivity contribution in [1.82, 2.24) is 9.55 Å². The number of carbonyl (C=O) groups is 2. The second-order valence-corrected chi connectivity index (χ2v) is 5.80. The molecule has 3 aromatic rings. The van der Waals surface area contributed by atoms with Gasteiger partial charge in [-0.25, -0.2) is 4.98 Å². The Bertz CT molecular complexity index is 899. The average molecular weight is 355 g/mol. The third-order valence-electron chi connectivity index (χ3n) is 3.75. The van der Waals surface area contributed by atoms with Crippen molar-refractivity contribution in [2.24, 2.45) is 0 Å². The molecule has 126 valence electrons. The molecule has 0 fully saturated rings. The number of Topliss-reactive ketones (excluding diaryl/α,β-unsaturated/α-hetero) is 1. The summed E-state index contributed by atoms with van der Waals surface area (Å²) >= 11 is 5.84. The van der Waals surface area contributed by atoms with Gasteiger partial charge >= 0.3 is 0 Å². The number of benzene rings is 2. The molecule has 0 bridgehead atoms. The minimum Gasteiger partial charge on any atom is -0.497 e. The number of halogens is 1. The number of imidazole rings is 1. The summed E-state index contributed by atoms with van der Waals surface area (Å²) < 4.78 is 6.63. The smallest absolute Gasteiger partial charge is 0.228 e. The zero-order valence-electron chi connectivity index (χ0n) is 13.5. The molecule has 0 saturated heterocycles. The fourth-order valence-electron chi connectivity index (χ4n) is 2.40. The van der Waals surface area contributed by atoms with E-state index in [1.807, 2.05) is 0 Å². The quantitative estimate of drug-likeness (QED) is 0.634. The molecule has 0 amide bonds. The molecule has 0 saturated carbocycles. The van der Waals surface area contributed by atoms with E-state index in [1.165, 1.54) is 6.20 Å². The van der Waals surface area contributed by atoms with Crippen LogP contribution in [-0.2, 0) is 6.54 Å². The van der Waals surface area contributed by atoms with Gasteiger partial charge in [0.1, 0.15) is 5.75 Å².